The van der Waals surface area contributed by atoms with Crippen molar-refractivity contribution in [2.45, 2.75) is 13.8 Å². The third-order valence-electron chi connectivity index (χ3n) is 2.93. The van der Waals surface area contributed by atoms with Gasteiger partial charge in [0.25, 0.3) is 5.91 Å². The second kappa shape index (κ2) is 5.28. The van der Waals surface area contributed by atoms with Gasteiger partial charge in [0.1, 0.15) is 0 Å². The molecule has 0 aliphatic heterocycles. The summed E-state index contributed by atoms with van der Waals surface area (Å²) in [6, 6.07) is 5.24. The first kappa shape index (κ1) is 13.4. The minimum Gasteiger partial charge on any atom is -0.397 e. The average Bonchev–Trinajstić information content (AvgIpc) is 2.36. The fourth-order valence-electron chi connectivity index (χ4n) is 1.70. The molecule has 0 atom stereocenters. The van der Waals surface area contributed by atoms with Crippen LogP contribution < -0.4 is 11.1 Å². The molecule has 1 amide bonds. The third-order valence-corrected chi connectivity index (χ3v) is 3.23. The van der Waals surface area contributed by atoms with Crippen LogP contribution in [0.1, 0.15) is 21.5 Å². The van der Waals surface area contributed by atoms with E-state index in [1.165, 1.54) is 12.4 Å². The van der Waals surface area contributed by atoms with Crippen LogP contribution in [0.2, 0.25) is 5.02 Å². The Morgan fingerprint density at radius 3 is 2.68 bits per heavy atom. The first-order valence-electron chi connectivity index (χ1n) is 5.76. The van der Waals surface area contributed by atoms with E-state index in [1.54, 1.807) is 6.07 Å². The van der Waals surface area contributed by atoms with Crippen molar-refractivity contribution < 1.29 is 4.79 Å². The van der Waals surface area contributed by atoms with Crippen molar-refractivity contribution >= 4 is 28.9 Å². The number of aryl methyl sites for hydroxylation is 2. The van der Waals surface area contributed by atoms with Gasteiger partial charge in [-0.3, -0.25) is 9.78 Å². The van der Waals surface area contributed by atoms with E-state index in [9.17, 15) is 4.79 Å². The molecule has 0 saturated carbocycles. The largest absolute Gasteiger partial charge is 0.397 e. The Morgan fingerprint density at radius 2 is 2.00 bits per heavy atom. The maximum Gasteiger partial charge on any atom is 0.257 e. The van der Waals surface area contributed by atoms with Gasteiger partial charge in [0, 0.05) is 12.4 Å². The Balaban J connectivity index is 2.30. The lowest BCUT2D eigenvalue weighted by molar-refractivity contribution is 0.102. The van der Waals surface area contributed by atoms with Crippen molar-refractivity contribution in [1.82, 2.24) is 4.98 Å². The lowest BCUT2D eigenvalue weighted by Crippen LogP contribution is -2.14. The molecule has 1 heterocycles. The molecule has 19 heavy (non-hydrogen) atoms. The number of amides is 1. The van der Waals surface area contributed by atoms with Gasteiger partial charge in [0.2, 0.25) is 0 Å². The number of halogens is 1. The molecule has 5 heteroatoms. The fraction of sp³-hybridized carbons (Fsp3) is 0.143. The molecule has 2 rings (SSSR count). The highest BCUT2D eigenvalue weighted by molar-refractivity contribution is 6.34. The topological polar surface area (TPSA) is 68.0 Å². The van der Waals surface area contributed by atoms with E-state index in [4.69, 9.17) is 17.3 Å². The molecular weight excluding hydrogens is 262 g/mol. The van der Waals surface area contributed by atoms with Gasteiger partial charge in [-0.1, -0.05) is 11.6 Å². The number of pyridine rings is 1. The molecule has 0 radical (unpaired) electrons. The fourth-order valence-corrected chi connectivity index (χ4v) is 1.90. The van der Waals surface area contributed by atoms with E-state index in [1.807, 2.05) is 26.0 Å². The molecule has 2 aromatic rings. The summed E-state index contributed by atoms with van der Waals surface area (Å²) < 4.78 is 0. The van der Waals surface area contributed by atoms with Gasteiger partial charge in [-0.15, -0.1) is 0 Å². The Kier molecular flexibility index (Phi) is 3.71. The highest BCUT2D eigenvalue weighted by Crippen LogP contribution is 2.24. The van der Waals surface area contributed by atoms with Crippen molar-refractivity contribution in [2.75, 3.05) is 11.1 Å². The Labute approximate surface area is 116 Å². The molecule has 0 fully saturated rings. The van der Waals surface area contributed by atoms with Crippen LogP contribution in [0.15, 0.2) is 30.6 Å². The standard InChI is InChI=1S/C14H14ClN3O/c1-8-5-12(16)13(6-9(8)2)18-14(19)10-3-4-17-7-11(10)15/h3-7H,16H2,1-2H3,(H,18,19). The second-order valence-corrected chi connectivity index (χ2v) is 4.74. The van der Waals surface area contributed by atoms with Crippen LogP contribution >= 0.6 is 11.6 Å². The first-order chi connectivity index (χ1) is 8.99. The predicted molar refractivity (Wildman–Crippen MR) is 77.5 cm³/mol. The first-order valence-corrected chi connectivity index (χ1v) is 6.14. The number of carbonyl (C=O) groups is 1. The quantitative estimate of drug-likeness (QED) is 0.827. The monoisotopic (exact) mass is 275 g/mol. The minimum atomic E-state index is -0.303. The number of nitrogens with one attached hydrogen (secondary N) is 1. The summed E-state index contributed by atoms with van der Waals surface area (Å²) in [6.07, 6.45) is 2.95. The maximum atomic E-state index is 12.1. The third kappa shape index (κ3) is 2.85. The molecule has 1 aromatic heterocycles. The van der Waals surface area contributed by atoms with Crippen LogP contribution in [-0.4, -0.2) is 10.9 Å². The van der Waals surface area contributed by atoms with Gasteiger partial charge in [-0.05, 0) is 43.2 Å². The molecule has 0 aliphatic carbocycles. The number of carbonyl (C=O) groups excluding carboxylic acids is 1. The van der Waals surface area contributed by atoms with E-state index >= 15 is 0 Å². The molecular formula is C14H14ClN3O. The number of hydrogen-bond donors (Lipinski definition) is 2. The van der Waals surface area contributed by atoms with Gasteiger partial charge < -0.3 is 11.1 Å². The van der Waals surface area contributed by atoms with E-state index in [0.717, 1.165) is 11.1 Å². The smallest absolute Gasteiger partial charge is 0.257 e. The van der Waals surface area contributed by atoms with Crippen molar-refractivity contribution in [1.29, 1.82) is 0 Å². The van der Waals surface area contributed by atoms with E-state index in [2.05, 4.69) is 10.3 Å². The predicted octanol–water partition coefficient (Wildman–Crippen LogP) is 3.19. The summed E-state index contributed by atoms with van der Waals surface area (Å²) in [4.78, 5) is 15.9. The van der Waals surface area contributed by atoms with Crippen LogP contribution in [-0.2, 0) is 0 Å². The van der Waals surface area contributed by atoms with Crippen LogP contribution in [0, 0.1) is 13.8 Å². The minimum absolute atomic E-state index is 0.303. The number of nitrogens with zero attached hydrogens (tertiary/aromatic N) is 1. The van der Waals surface area contributed by atoms with Gasteiger partial charge in [0.05, 0.1) is 22.0 Å². The SMILES string of the molecule is Cc1cc(N)c(NC(=O)c2ccncc2Cl)cc1C. The molecule has 0 unspecified atom stereocenters. The summed E-state index contributed by atoms with van der Waals surface area (Å²) in [7, 11) is 0. The van der Waals surface area contributed by atoms with Gasteiger partial charge in [-0.2, -0.15) is 0 Å². The van der Waals surface area contributed by atoms with Crippen LogP contribution in [0.25, 0.3) is 0 Å². The maximum absolute atomic E-state index is 12.1. The summed E-state index contributed by atoms with van der Waals surface area (Å²) in [5.41, 5.74) is 9.52. The zero-order valence-corrected chi connectivity index (χ0v) is 11.5. The lowest BCUT2D eigenvalue weighted by atomic mass is 10.1. The Morgan fingerprint density at radius 1 is 1.32 bits per heavy atom. The van der Waals surface area contributed by atoms with Crippen molar-refractivity contribution in [2.24, 2.45) is 0 Å². The van der Waals surface area contributed by atoms with E-state index in [-0.39, 0.29) is 5.91 Å². The highest BCUT2D eigenvalue weighted by atomic mass is 35.5. The van der Waals surface area contributed by atoms with Gasteiger partial charge in [-0.25, -0.2) is 0 Å². The second-order valence-electron chi connectivity index (χ2n) is 4.33. The number of nitrogens with two attached hydrogens (primary N) is 1. The number of nitrogen functional groups attached to an aromatic ring is 1. The number of hydrogen-bond acceptors (Lipinski definition) is 3. The number of aromatic nitrogens is 1. The zero-order valence-electron chi connectivity index (χ0n) is 10.7. The van der Waals surface area contributed by atoms with Gasteiger partial charge >= 0.3 is 0 Å². The number of anilines is 2. The zero-order chi connectivity index (χ0) is 14.0. The summed E-state index contributed by atoms with van der Waals surface area (Å²) >= 11 is 5.93. The number of rotatable bonds is 2. The van der Waals surface area contributed by atoms with Crippen molar-refractivity contribution in [3.63, 3.8) is 0 Å². The van der Waals surface area contributed by atoms with E-state index in [0.29, 0.717) is 22.0 Å². The number of benzene rings is 1. The molecule has 98 valence electrons. The molecule has 0 saturated heterocycles. The molecule has 3 N–H and O–H groups in total. The summed E-state index contributed by atoms with van der Waals surface area (Å²) in [5.74, 6) is -0.303. The molecule has 1 aromatic carbocycles. The Hall–Kier alpha value is -2.07. The molecule has 0 aliphatic rings. The summed E-state index contributed by atoms with van der Waals surface area (Å²) in [5, 5.41) is 3.07. The van der Waals surface area contributed by atoms with Crippen LogP contribution in [0.5, 0.6) is 0 Å². The Bertz CT molecular complexity index is 641. The molecule has 4 nitrogen and oxygen atoms in total. The van der Waals surface area contributed by atoms with Crippen molar-refractivity contribution in [3.05, 3.63) is 52.3 Å². The normalized spacial score (nSPS) is 10.3. The lowest BCUT2D eigenvalue weighted by Gasteiger charge is -2.11. The van der Waals surface area contributed by atoms with E-state index < -0.39 is 0 Å². The molecule has 0 spiro atoms. The van der Waals surface area contributed by atoms with Gasteiger partial charge in [0.15, 0.2) is 0 Å². The highest BCUT2D eigenvalue weighted by Gasteiger charge is 2.12. The van der Waals surface area contributed by atoms with Crippen LogP contribution in [0.3, 0.4) is 0 Å². The van der Waals surface area contributed by atoms with Crippen LogP contribution in [0.4, 0.5) is 11.4 Å². The summed E-state index contributed by atoms with van der Waals surface area (Å²) in [6.45, 7) is 3.93. The average molecular weight is 276 g/mol. The molecule has 0 bridgehead atoms. The van der Waals surface area contributed by atoms with Crippen molar-refractivity contribution in [3.8, 4) is 0 Å².